The number of hydrogen-bond donors (Lipinski definition) is 2. The van der Waals surface area contributed by atoms with Gasteiger partial charge in [0, 0.05) is 25.2 Å². The van der Waals surface area contributed by atoms with Crippen LogP contribution < -0.4 is 10.6 Å². The molecule has 24 heavy (non-hydrogen) atoms. The van der Waals surface area contributed by atoms with Crippen molar-refractivity contribution < 1.29 is 21.6 Å². The van der Waals surface area contributed by atoms with Gasteiger partial charge in [0.25, 0.3) is 0 Å². The van der Waals surface area contributed by atoms with Crippen molar-refractivity contribution in [1.29, 1.82) is 0 Å². The predicted octanol–water partition coefficient (Wildman–Crippen LogP) is 0.0670. The number of carbonyl (C=O) groups excluding carboxylic acids is 1. The lowest BCUT2D eigenvalue weighted by Crippen LogP contribution is -2.48. The molecule has 2 amide bonds. The van der Waals surface area contributed by atoms with Crippen LogP contribution in [0.5, 0.6) is 0 Å². The fraction of sp³-hybridized carbons (Fsp3) is 0.929. The van der Waals surface area contributed by atoms with Crippen LogP contribution in [-0.4, -0.2) is 70.1 Å². The van der Waals surface area contributed by atoms with Crippen molar-refractivity contribution in [2.75, 3.05) is 30.9 Å². The Morgan fingerprint density at radius 1 is 1.17 bits per heavy atom. The van der Waals surface area contributed by atoms with Gasteiger partial charge in [0.15, 0.2) is 9.84 Å². The molecule has 1 aliphatic carbocycles. The second-order valence-electron chi connectivity index (χ2n) is 6.67. The highest BCUT2D eigenvalue weighted by Gasteiger charge is 2.36. The summed E-state index contributed by atoms with van der Waals surface area (Å²) in [5, 5.41) is 5.57. The van der Waals surface area contributed by atoms with Gasteiger partial charge in [-0.05, 0) is 19.3 Å². The zero-order valence-electron chi connectivity index (χ0n) is 14.0. The van der Waals surface area contributed by atoms with Gasteiger partial charge in [0.1, 0.15) is 0 Å². The molecule has 0 aromatic carbocycles. The molecule has 8 nitrogen and oxygen atoms in total. The second kappa shape index (κ2) is 8.01. The molecule has 2 rings (SSSR count). The van der Waals surface area contributed by atoms with Crippen LogP contribution in [0, 0.1) is 0 Å². The Morgan fingerprint density at radius 2 is 1.83 bits per heavy atom. The molecule has 2 aliphatic rings. The van der Waals surface area contributed by atoms with Crippen LogP contribution in [0.2, 0.25) is 0 Å². The largest absolute Gasteiger partial charge is 0.337 e. The van der Waals surface area contributed by atoms with Crippen molar-refractivity contribution in [3.8, 4) is 0 Å². The number of urea groups is 1. The molecule has 1 saturated carbocycles. The Bertz CT molecular complexity index is 641. The SMILES string of the molecule is CS(=O)(=O)N(CCNC(=O)NC1CCCCC1)C1CCS(=O)(=O)C1. The minimum atomic E-state index is -3.53. The molecule has 140 valence electrons. The van der Waals surface area contributed by atoms with Gasteiger partial charge >= 0.3 is 6.03 Å². The van der Waals surface area contributed by atoms with E-state index in [1.54, 1.807) is 0 Å². The van der Waals surface area contributed by atoms with Crippen LogP contribution in [0.25, 0.3) is 0 Å². The number of amides is 2. The van der Waals surface area contributed by atoms with E-state index in [0.29, 0.717) is 6.42 Å². The van der Waals surface area contributed by atoms with Crippen molar-refractivity contribution in [2.24, 2.45) is 0 Å². The quantitative estimate of drug-likeness (QED) is 0.676. The first-order valence-corrected chi connectivity index (χ1v) is 12.1. The van der Waals surface area contributed by atoms with Gasteiger partial charge < -0.3 is 10.6 Å². The van der Waals surface area contributed by atoms with E-state index >= 15 is 0 Å². The third-order valence-corrected chi connectivity index (χ3v) is 7.68. The monoisotopic (exact) mass is 381 g/mol. The number of hydrogen-bond acceptors (Lipinski definition) is 5. The Hall–Kier alpha value is -0.870. The third kappa shape index (κ3) is 5.89. The molecule has 0 spiro atoms. The molecular weight excluding hydrogens is 354 g/mol. The zero-order chi connectivity index (χ0) is 17.8. The van der Waals surface area contributed by atoms with Crippen LogP contribution in [-0.2, 0) is 19.9 Å². The van der Waals surface area contributed by atoms with Gasteiger partial charge in [-0.25, -0.2) is 21.6 Å². The van der Waals surface area contributed by atoms with Gasteiger partial charge in [-0.2, -0.15) is 4.31 Å². The van der Waals surface area contributed by atoms with E-state index in [1.807, 2.05) is 0 Å². The van der Waals surface area contributed by atoms with Gasteiger partial charge in [0.05, 0.1) is 17.8 Å². The smallest absolute Gasteiger partial charge is 0.315 e. The molecule has 0 radical (unpaired) electrons. The minimum absolute atomic E-state index is 0.0132. The summed E-state index contributed by atoms with van der Waals surface area (Å²) in [7, 11) is -6.69. The van der Waals surface area contributed by atoms with E-state index < -0.39 is 25.9 Å². The average Bonchev–Trinajstić information content (AvgIpc) is 2.83. The Labute approximate surface area is 144 Å². The molecule has 1 aliphatic heterocycles. The fourth-order valence-electron chi connectivity index (χ4n) is 3.38. The van der Waals surface area contributed by atoms with E-state index in [2.05, 4.69) is 10.6 Å². The van der Waals surface area contributed by atoms with Crippen molar-refractivity contribution >= 4 is 25.9 Å². The molecule has 0 aromatic heterocycles. The van der Waals surface area contributed by atoms with E-state index in [4.69, 9.17) is 0 Å². The summed E-state index contributed by atoms with van der Waals surface area (Å²) in [6, 6.07) is -0.646. The van der Waals surface area contributed by atoms with Crippen LogP contribution in [0.4, 0.5) is 4.79 Å². The third-order valence-electron chi connectivity index (χ3n) is 4.60. The van der Waals surface area contributed by atoms with E-state index in [0.717, 1.165) is 31.9 Å². The van der Waals surface area contributed by atoms with Crippen molar-refractivity contribution in [1.82, 2.24) is 14.9 Å². The summed E-state index contributed by atoms with van der Waals surface area (Å²) >= 11 is 0. The highest BCUT2D eigenvalue weighted by atomic mass is 32.2. The maximum Gasteiger partial charge on any atom is 0.315 e. The van der Waals surface area contributed by atoms with Crippen molar-refractivity contribution in [2.45, 2.75) is 50.6 Å². The number of rotatable bonds is 6. The lowest BCUT2D eigenvalue weighted by atomic mass is 9.96. The van der Waals surface area contributed by atoms with Crippen LogP contribution in [0.15, 0.2) is 0 Å². The summed E-state index contributed by atoms with van der Waals surface area (Å²) in [4.78, 5) is 11.9. The molecule has 0 aromatic rings. The Balaban J connectivity index is 1.81. The number of carbonyl (C=O) groups is 1. The maximum absolute atomic E-state index is 11.9. The minimum Gasteiger partial charge on any atom is -0.337 e. The standard InChI is InChI=1S/C14H27N3O5S2/c1-23(19,20)17(13-7-10-24(21,22)11-13)9-8-15-14(18)16-12-5-3-2-4-6-12/h12-13H,2-11H2,1H3,(H2,15,16,18). The number of sulfone groups is 1. The van der Waals surface area contributed by atoms with E-state index in [9.17, 15) is 21.6 Å². The topological polar surface area (TPSA) is 113 Å². The first-order chi connectivity index (χ1) is 11.2. The van der Waals surface area contributed by atoms with Crippen molar-refractivity contribution in [3.05, 3.63) is 0 Å². The molecule has 1 heterocycles. The van der Waals surface area contributed by atoms with Gasteiger partial charge in [0.2, 0.25) is 10.0 Å². The van der Waals surface area contributed by atoms with Crippen LogP contribution in [0.3, 0.4) is 0 Å². The zero-order valence-corrected chi connectivity index (χ0v) is 15.7. The van der Waals surface area contributed by atoms with Crippen molar-refractivity contribution in [3.63, 3.8) is 0 Å². The molecule has 1 unspecified atom stereocenters. The maximum atomic E-state index is 11.9. The molecular formula is C14H27N3O5S2. The second-order valence-corrected chi connectivity index (χ2v) is 10.8. The first-order valence-electron chi connectivity index (χ1n) is 8.39. The first kappa shape index (κ1) is 19.5. The van der Waals surface area contributed by atoms with E-state index in [-0.39, 0.29) is 36.7 Å². The highest BCUT2D eigenvalue weighted by molar-refractivity contribution is 7.92. The number of sulfonamides is 1. The van der Waals surface area contributed by atoms with Gasteiger partial charge in [-0.15, -0.1) is 0 Å². The summed E-state index contributed by atoms with van der Waals surface area (Å²) in [5.41, 5.74) is 0. The lowest BCUT2D eigenvalue weighted by Gasteiger charge is -2.26. The molecule has 1 atom stereocenters. The predicted molar refractivity (Wildman–Crippen MR) is 92.0 cm³/mol. The summed E-state index contributed by atoms with van der Waals surface area (Å²) in [5.74, 6) is -0.131. The molecule has 2 fully saturated rings. The van der Waals surface area contributed by atoms with Gasteiger partial charge in [-0.3, -0.25) is 0 Å². The Kier molecular flexibility index (Phi) is 6.49. The number of nitrogens with zero attached hydrogens (tertiary/aromatic N) is 1. The summed E-state index contributed by atoms with van der Waals surface area (Å²) < 4.78 is 48.2. The normalized spacial score (nSPS) is 24.8. The van der Waals surface area contributed by atoms with Gasteiger partial charge in [-0.1, -0.05) is 19.3 Å². The molecule has 0 bridgehead atoms. The summed E-state index contributed by atoms with van der Waals surface area (Å²) in [6.45, 7) is 0.235. The summed E-state index contributed by atoms with van der Waals surface area (Å²) in [6.07, 6.45) is 6.76. The average molecular weight is 382 g/mol. The van der Waals surface area contributed by atoms with Crippen LogP contribution in [0.1, 0.15) is 38.5 Å². The molecule has 2 N–H and O–H groups in total. The number of nitrogens with one attached hydrogen (secondary N) is 2. The fourth-order valence-corrected chi connectivity index (χ4v) is 6.35. The van der Waals surface area contributed by atoms with E-state index in [1.165, 1.54) is 10.7 Å². The Morgan fingerprint density at radius 3 is 2.38 bits per heavy atom. The highest BCUT2D eigenvalue weighted by Crippen LogP contribution is 2.20. The molecule has 1 saturated heterocycles. The lowest BCUT2D eigenvalue weighted by molar-refractivity contribution is 0.231. The van der Waals surface area contributed by atoms with Crippen LogP contribution >= 0.6 is 0 Å². The molecule has 10 heteroatoms.